The Morgan fingerprint density at radius 2 is 2.00 bits per heavy atom. The first kappa shape index (κ1) is 13.7. The van der Waals surface area contributed by atoms with Crippen LogP contribution in [0.4, 0.5) is 0 Å². The van der Waals surface area contributed by atoms with Crippen LogP contribution in [-0.4, -0.2) is 14.5 Å². The molecule has 0 fully saturated rings. The van der Waals surface area contributed by atoms with Gasteiger partial charge in [-0.15, -0.1) is 22.7 Å². The summed E-state index contributed by atoms with van der Waals surface area (Å²) in [6.07, 6.45) is 4.17. The highest BCUT2D eigenvalue weighted by molar-refractivity contribution is 7.13. The molecule has 0 aliphatic rings. The largest absolute Gasteiger partial charge is 0.391 e. The molecule has 0 saturated carbocycles. The molecule has 0 bridgehead atoms. The molecule has 1 N–H and O–H groups in total. The van der Waals surface area contributed by atoms with Crippen LogP contribution in [0.2, 0.25) is 0 Å². The van der Waals surface area contributed by atoms with Crippen LogP contribution in [0.1, 0.15) is 10.4 Å². The number of hydrogen-bond donors (Lipinski definition) is 1. The second-order valence-electron chi connectivity index (χ2n) is 5.26. The predicted octanol–water partition coefficient (Wildman–Crippen LogP) is 4.59. The topological polar surface area (TPSA) is 37.5 Å². The zero-order chi connectivity index (χ0) is 15.1. The molecule has 0 radical (unpaired) electrons. The van der Waals surface area contributed by atoms with E-state index in [0.717, 1.165) is 27.3 Å². The highest BCUT2D eigenvalue weighted by Crippen LogP contribution is 2.29. The van der Waals surface area contributed by atoms with Crippen molar-refractivity contribution in [3.05, 3.63) is 57.9 Å². The number of fused-ring (bicyclic) bond motifs is 1. The van der Waals surface area contributed by atoms with Crippen LogP contribution >= 0.6 is 22.7 Å². The third-order valence-corrected chi connectivity index (χ3v) is 5.57. The molecule has 0 unspecified atom stereocenters. The van der Waals surface area contributed by atoms with Gasteiger partial charge in [-0.2, -0.15) is 0 Å². The van der Waals surface area contributed by atoms with E-state index in [1.165, 1.54) is 10.4 Å². The summed E-state index contributed by atoms with van der Waals surface area (Å²) in [5.74, 6) is 0. The number of thiophene rings is 2. The Hall–Kier alpha value is -1.95. The van der Waals surface area contributed by atoms with Crippen LogP contribution < -0.4 is 0 Å². The molecule has 0 atom stereocenters. The van der Waals surface area contributed by atoms with Gasteiger partial charge in [0.25, 0.3) is 0 Å². The Morgan fingerprint density at radius 1 is 1.09 bits per heavy atom. The number of rotatable bonds is 3. The second kappa shape index (κ2) is 5.35. The molecule has 3 nitrogen and oxygen atoms in total. The van der Waals surface area contributed by atoms with E-state index in [1.807, 2.05) is 12.1 Å². The van der Waals surface area contributed by atoms with E-state index in [4.69, 9.17) is 0 Å². The molecule has 110 valence electrons. The van der Waals surface area contributed by atoms with Gasteiger partial charge in [-0.3, -0.25) is 0 Å². The van der Waals surface area contributed by atoms with Crippen LogP contribution in [0.15, 0.2) is 47.4 Å². The van der Waals surface area contributed by atoms with Crippen molar-refractivity contribution in [3.8, 4) is 21.7 Å². The smallest absolute Gasteiger partial charge is 0.137 e. The zero-order valence-electron chi connectivity index (χ0n) is 12.0. The molecule has 0 saturated heterocycles. The summed E-state index contributed by atoms with van der Waals surface area (Å²) in [4.78, 5) is 6.87. The highest BCUT2D eigenvalue weighted by Gasteiger charge is 2.08. The molecular formula is C17H14N2OS2. The molecule has 0 aliphatic carbocycles. The van der Waals surface area contributed by atoms with Gasteiger partial charge >= 0.3 is 0 Å². The number of hydrogen-bond acceptors (Lipinski definition) is 4. The fraction of sp³-hybridized carbons (Fsp3) is 0.118. The maximum Gasteiger partial charge on any atom is 0.137 e. The Balaban J connectivity index is 1.77. The van der Waals surface area contributed by atoms with Crippen LogP contribution in [0.5, 0.6) is 0 Å². The lowest BCUT2D eigenvalue weighted by molar-refractivity contribution is 0.285. The van der Waals surface area contributed by atoms with Crippen LogP contribution in [0.3, 0.4) is 0 Å². The fourth-order valence-corrected chi connectivity index (χ4v) is 4.07. The normalized spacial score (nSPS) is 11.4. The Bertz CT molecular complexity index is 949. The van der Waals surface area contributed by atoms with Crippen molar-refractivity contribution >= 4 is 28.3 Å². The molecule has 4 heterocycles. The number of nitrogens with zero attached hydrogens (tertiary/aromatic N) is 2. The van der Waals surface area contributed by atoms with Crippen molar-refractivity contribution in [2.24, 2.45) is 0 Å². The molecule has 0 aliphatic heterocycles. The molecule has 5 heteroatoms. The molecule has 0 aromatic carbocycles. The van der Waals surface area contributed by atoms with Gasteiger partial charge in [-0.05, 0) is 58.6 Å². The summed E-state index contributed by atoms with van der Waals surface area (Å²) < 4.78 is 2.07. The number of imidazole rings is 1. The summed E-state index contributed by atoms with van der Waals surface area (Å²) >= 11 is 3.30. The standard InChI is InChI=1S/C17H14N2OS2/c1-11-4-16(22-9-11)15-7-19-6-12(2-3-17(19)18-15)13-5-14(8-20)21-10-13/h2-7,9-10,20H,8H2,1H3. The lowest BCUT2D eigenvalue weighted by atomic mass is 10.1. The Kier molecular flexibility index (Phi) is 3.33. The third kappa shape index (κ3) is 2.37. The first-order chi connectivity index (χ1) is 10.7. The van der Waals surface area contributed by atoms with Gasteiger partial charge in [0.1, 0.15) is 5.65 Å². The maximum atomic E-state index is 9.20. The van der Waals surface area contributed by atoms with Gasteiger partial charge in [-0.1, -0.05) is 0 Å². The summed E-state index contributed by atoms with van der Waals surface area (Å²) in [7, 11) is 0. The zero-order valence-corrected chi connectivity index (χ0v) is 13.6. The SMILES string of the molecule is Cc1csc(-c2cn3cc(-c4csc(CO)c4)ccc3n2)c1. The van der Waals surface area contributed by atoms with Gasteiger partial charge < -0.3 is 9.51 Å². The van der Waals surface area contributed by atoms with Crippen molar-refractivity contribution in [2.45, 2.75) is 13.5 Å². The summed E-state index contributed by atoms with van der Waals surface area (Å²) in [5.41, 5.74) is 5.50. The average Bonchev–Trinajstić information content (AvgIpc) is 3.24. The molecule has 22 heavy (non-hydrogen) atoms. The van der Waals surface area contributed by atoms with E-state index < -0.39 is 0 Å². The Labute approximate surface area is 136 Å². The average molecular weight is 326 g/mol. The summed E-state index contributed by atoms with van der Waals surface area (Å²) in [5, 5.41) is 13.4. The van der Waals surface area contributed by atoms with Crippen molar-refractivity contribution < 1.29 is 5.11 Å². The van der Waals surface area contributed by atoms with Crippen molar-refractivity contribution in [2.75, 3.05) is 0 Å². The molecule has 4 aromatic heterocycles. The predicted molar refractivity (Wildman–Crippen MR) is 92.5 cm³/mol. The number of aromatic nitrogens is 2. The fourth-order valence-electron chi connectivity index (χ4n) is 2.46. The minimum absolute atomic E-state index is 0.0971. The van der Waals surface area contributed by atoms with Crippen LogP contribution in [-0.2, 0) is 6.61 Å². The first-order valence-electron chi connectivity index (χ1n) is 6.96. The highest BCUT2D eigenvalue weighted by atomic mass is 32.1. The summed E-state index contributed by atoms with van der Waals surface area (Å²) in [6.45, 7) is 2.20. The lowest BCUT2D eigenvalue weighted by Gasteiger charge is -1.99. The monoisotopic (exact) mass is 326 g/mol. The second-order valence-corrected chi connectivity index (χ2v) is 7.16. The number of pyridine rings is 1. The number of aryl methyl sites for hydroxylation is 1. The minimum atomic E-state index is 0.0971. The number of aliphatic hydroxyl groups is 1. The van der Waals surface area contributed by atoms with Gasteiger partial charge in [0, 0.05) is 17.3 Å². The van der Waals surface area contributed by atoms with E-state index in [1.54, 1.807) is 22.7 Å². The molecular weight excluding hydrogens is 312 g/mol. The van der Waals surface area contributed by atoms with Gasteiger partial charge in [-0.25, -0.2) is 4.98 Å². The third-order valence-electron chi connectivity index (χ3n) is 3.58. The first-order valence-corrected chi connectivity index (χ1v) is 8.72. The molecule has 4 aromatic rings. The lowest BCUT2D eigenvalue weighted by Crippen LogP contribution is -1.84. The van der Waals surface area contributed by atoms with E-state index in [0.29, 0.717) is 0 Å². The van der Waals surface area contributed by atoms with Gasteiger partial charge in [0.15, 0.2) is 0 Å². The van der Waals surface area contributed by atoms with Crippen molar-refractivity contribution in [3.63, 3.8) is 0 Å². The van der Waals surface area contributed by atoms with Gasteiger partial charge in [0.2, 0.25) is 0 Å². The molecule has 0 spiro atoms. The quantitative estimate of drug-likeness (QED) is 0.598. The van der Waals surface area contributed by atoms with Crippen LogP contribution in [0, 0.1) is 6.92 Å². The molecule has 4 rings (SSSR count). The van der Waals surface area contributed by atoms with Crippen molar-refractivity contribution in [1.29, 1.82) is 0 Å². The summed E-state index contributed by atoms with van der Waals surface area (Å²) in [6, 6.07) is 8.32. The maximum absolute atomic E-state index is 9.20. The van der Waals surface area contributed by atoms with Crippen molar-refractivity contribution in [1.82, 2.24) is 9.38 Å². The van der Waals surface area contributed by atoms with E-state index in [-0.39, 0.29) is 6.61 Å². The van der Waals surface area contributed by atoms with Gasteiger partial charge in [0.05, 0.1) is 17.2 Å². The van der Waals surface area contributed by atoms with Crippen LogP contribution in [0.25, 0.3) is 27.3 Å². The minimum Gasteiger partial charge on any atom is -0.391 e. The van der Waals surface area contributed by atoms with E-state index >= 15 is 0 Å². The molecule has 0 amide bonds. The Morgan fingerprint density at radius 3 is 2.73 bits per heavy atom. The number of aliphatic hydroxyl groups excluding tert-OH is 1. The van der Waals surface area contributed by atoms with E-state index in [2.05, 4.69) is 51.6 Å². The van der Waals surface area contributed by atoms with E-state index in [9.17, 15) is 5.11 Å².